The van der Waals surface area contributed by atoms with Gasteiger partial charge < -0.3 is 14.4 Å². The summed E-state index contributed by atoms with van der Waals surface area (Å²) in [4.78, 5) is 15.4. The van der Waals surface area contributed by atoms with Crippen molar-refractivity contribution in [2.24, 2.45) is 35.0 Å². The summed E-state index contributed by atoms with van der Waals surface area (Å²) in [5.74, 6) is 3.48. The Balaban J connectivity index is 1.01. The van der Waals surface area contributed by atoms with Crippen LogP contribution < -0.4 is 0 Å². The zero-order chi connectivity index (χ0) is 28.6. The first-order valence-corrected chi connectivity index (χ1v) is 16.7. The summed E-state index contributed by atoms with van der Waals surface area (Å²) in [6.45, 7) is 8.37. The Morgan fingerprint density at radius 1 is 1.17 bits per heavy atom. The molecule has 0 radical (unpaired) electrons. The van der Waals surface area contributed by atoms with Gasteiger partial charge in [0.1, 0.15) is 6.61 Å². The molecular weight excluding hydrogens is 522 g/mol. The van der Waals surface area contributed by atoms with Crippen molar-refractivity contribution in [1.29, 1.82) is 0 Å². The van der Waals surface area contributed by atoms with Gasteiger partial charge in [-0.15, -0.1) is 0 Å². The molecule has 6 aliphatic rings. The minimum atomic E-state index is -0.178. The number of fused-ring (bicyclic) bond motifs is 7. The lowest BCUT2D eigenvalue weighted by atomic mass is 9.52. The highest BCUT2D eigenvalue weighted by Gasteiger charge is 2.58. The van der Waals surface area contributed by atoms with Crippen molar-refractivity contribution in [3.63, 3.8) is 0 Å². The summed E-state index contributed by atoms with van der Waals surface area (Å²) in [5.41, 5.74) is 7.49. The number of benzene rings is 1. The average Bonchev–Trinajstić information content (AvgIpc) is 3.66. The molecule has 2 aliphatic heterocycles. The number of H-pyrrole nitrogens is 1. The fourth-order valence-electron chi connectivity index (χ4n) is 10.9. The Hall–Kier alpha value is -2.60. The number of nitrogens with zero attached hydrogens (tertiary/aromatic N) is 2. The molecule has 1 spiro atoms. The fraction of sp³-hybridized carbons (Fsp3) is 0.667. The molecule has 1 N–H and O–H groups in total. The van der Waals surface area contributed by atoms with Crippen LogP contribution >= 0.6 is 0 Å². The van der Waals surface area contributed by atoms with E-state index in [1.54, 1.807) is 11.1 Å². The summed E-state index contributed by atoms with van der Waals surface area (Å²) in [7, 11) is 0. The maximum absolute atomic E-state index is 13.4. The molecule has 8 unspecified atom stereocenters. The number of rotatable bonds is 2. The van der Waals surface area contributed by atoms with Crippen LogP contribution in [0.5, 0.6) is 0 Å². The van der Waals surface area contributed by atoms with E-state index >= 15 is 0 Å². The molecule has 1 aromatic carbocycles. The first-order valence-electron chi connectivity index (χ1n) is 16.7. The number of ether oxygens (including phenoxy) is 2. The molecule has 2 aromatic rings. The van der Waals surface area contributed by atoms with Gasteiger partial charge in [-0.05, 0) is 117 Å². The van der Waals surface area contributed by atoms with Gasteiger partial charge in [0.15, 0.2) is 0 Å². The van der Waals surface area contributed by atoms with Gasteiger partial charge in [-0.2, -0.15) is 5.10 Å². The minimum Gasteiger partial charge on any atom is -0.445 e. The van der Waals surface area contributed by atoms with E-state index in [2.05, 4.69) is 37.2 Å². The third-order valence-corrected chi connectivity index (χ3v) is 12.8. The van der Waals surface area contributed by atoms with E-state index in [1.165, 1.54) is 49.8 Å². The first-order chi connectivity index (χ1) is 20.3. The SMILES string of the molecule is CC1=C2CC3C(CCC4Cc5[nH]ncc5CC43C)C2CCC2(C1)C[C@H]1C(CC(C)CN1C(=O)OCc1ccccc1)O2. The standard InChI is InChI=1S/C36H47N3O3/c1-22-13-33-32(39(20-22)34(40)41-21-24-7-5-4-6-8-24)18-36(42-33)12-11-27-28-10-9-26-14-31-25(19-37-38-31)17-35(26,3)30(28)15-29(27)23(2)16-36/h4-8,19,22,26-28,30,32-33H,9-18,20-21H2,1-3H3,(H,37,38)/t22?,26?,27?,28?,30?,32-,33?,35?,36?/m0/s1. The molecule has 6 heteroatoms. The Morgan fingerprint density at radius 3 is 2.88 bits per heavy atom. The van der Waals surface area contributed by atoms with E-state index in [4.69, 9.17) is 9.47 Å². The van der Waals surface area contributed by atoms with Crippen LogP contribution in [0.3, 0.4) is 0 Å². The maximum Gasteiger partial charge on any atom is 0.410 e. The lowest BCUT2D eigenvalue weighted by Crippen LogP contribution is -2.51. The van der Waals surface area contributed by atoms with Gasteiger partial charge in [0, 0.05) is 12.2 Å². The number of piperidine rings is 1. The second-order valence-corrected chi connectivity index (χ2v) is 15.3. The molecule has 4 fully saturated rings. The summed E-state index contributed by atoms with van der Waals surface area (Å²) < 4.78 is 13.0. The van der Waals surface area contributed by atoms with E-state index < -0.39 is 0 Å². The zero-order valence-corrected chi connectivity index (χ0v) is 25.6. The third kappa shape index (κ3) is 4.30. The molecule has 224 valence electrons. The number of carbonyl (C=O) groups excluding carboxylic acids is 1. The number of likely N-dealkylation sites (tertiary alicyclic amines) is 1. The van der Waals surface area contributed by atoms with Gasteiger partial charge in [-0.25, -0.2) is 4.79 Å². The molecule has 1 aromatic heterocycles. The molecule has 42 heavy (non-hydrogen) atoms. The smallest absolute Gasteiger partial charge is 0.410 e. The molecule has 9 atom stereocenters. The average molecular weight is 570 g/mol. The van der Waals surface area contributed by atoms with Gasteiger partial charge in [0.25, 0.3) is 0 Å². The largest absolute Gasteiger partial charge is 0.445 e. The predicted octanol–water partition coefficient (Wildman–Crippen LogP) is 7.25. The highest BCUT2D eigenvalue weighted by atomic mass is 16.6. The van der Waals surface area contributed by atoms with E-state index in [0.29, 0.717) is 23.9 Å². The minimum absolute atomic E-state index is 0.113. The second-order valence-electron chi connectivity index (χ2n) is 15.3. The fourth-order valence-corrected chi connectivity index (χ4v) is 10.9. The highest BCUT2D eigenvalue weighted by Crippen LogP contribution is 2.64. The molecule has 8 rings (SSSR count). The van der Waals surface area contributed by atoms with Crippen molar-refractivity contribution in [1.82, 2.24) is 15.1 Å². The molecule has 0 bridgehead atoms. The van der Waals surface area contributed by atoms with E-state index in [1.807, 2.05) is 35.2 Å². The van der Waals surface area contributed by atoms with Gasteiger partial charge in [0.05, 0.1) is 23.9 Å². The lowest BCUT2D eigenvalue weighted by molar-refractivity contribution is -0.0733. The molecule has 6 nitrogen and oxygen atoms in total. The maximum atomic E-state index is 13.4. The monoisotopic (exact) mass is 569 g/mol. The molecule has 3 heterocycles. The third-order valence-electron chi connectivity index (χ3n) is 12.8. The van der Waals surface area contributed by atoms with Gasteiger partial charge in [-0.3, -0.25) is 5.10 Å². The summed E-state index contributed by atoms with van der Waals surface area (Å²) >= 11 is 0. The normalized spacial score (nSPS) is 40.5. The van der Waals surface area contributed by atoms with E-state index in [0.717, 1.165) is 55.5 Å². The Morgan fingerprint density at radius 2 is 2.02 bits per heavy atom. The number of aromatic nitrogens is 2. The van der Waals surface area contributed by atoms with Crippen LogP contribution in [-0.2, 0) is 28.9 Å². The Kier molecular flexibility index (Phi) is 6.41. The molecule has 4 aliphatic carbocycles. The topological polar surface area (TPSA) is 67.5 Å². The van der Waals surface area contributed by atoms with Crippen LogP contribution in [-0.4, -0.2) is 45.5 Å². The Bertz CT molecular complexity index is 1380. The highest BCUT2D eigenvalue weighted by molar-refractivity contribution is 5.68. The van der Waals surface area contributed by atoms with Crippen molar-refractivity contribution in [2.45, 2.75) is 109 Å². The van der Waals surface area contributed by atoms with Crippen LogP contribution in [0, 0.1) is 35.0 Å². The lowest BCUT2D eigenvalue weighted by Gasteiger charge is -2.52. The van der Waals surface area contributed by atoms with Gasteiger partial charge in [0.2, 0.25) is 0 Å². The quantitative estimate of drug-likeness (QED) is 0.387. The number of carbonyl (C=O) groups is 1. The van der Waals surface area contributed by atoms with E-state index in [9.17, 15) is 4.79 Å². The first kappa shape index (κ1) is 27.0. The van der Waals surface area contributed by atoms with Crippen LogP contribution in [0.2, 0.25) is 0 Å². The van der Waals surface area contributed by atoms with Gasteiger partial charge >= 0.3 is 6.09 Å². The van der Waals surface area contributed by atoms with Crippen LogP contribution in [0.4, 0.5) is 4.79 Å². The van der Waals surface area contributed by atoms with Crippen LogP contribution in [0.25, 0.3) is 0 Å². The van der Waals surface area contributed by atoms with Gasteiger partial charge in [-0.1, -0.05) is 55.3 Å². The number of hydrogen-bond acceptors (Lipinski definition) is 4. The number of allylic oxidation sites excluding steroid dienone is 1. The van der Waals surface area contributed by atoms with Crippen molar-refractivity contribution in [3.05, 3.63) is 64.5 Å². The van der Waals surface area contributed by atoms with Crippen molar-refractivity contribution in [2.75, 3.05) is 6.54 Å². The number of aromatic amines is 1. The molecule has 1 amide bonds. The summed E-state index contributed by atoms with van der Waals surface area (Å²) in [6, 6.07) is 10.1. The Labute approximate surface area is 250 Å². The number of hydrogen-bond donors (Lipinski definition) is 1. The number of nitrogens with one attached hydrogen (secondary N) is 1. The predicted molar refractivity (Wildman–Crippen MR) is 162 cm³/mol. The summed E-state index contributed by atoms with van der Waals surface area (Å²) in [6.07, 6.45) is 13.8. The van der Waals surface area contributed by atoms with Crippen molar-refractivity contribution < 1.29 is 14.3 Å². The second kappa shape index (κ2) is 9.97. The van der Waals surface area contributed by atoms with Crippen molar-refractivity contribution >= 4 is 6.09 Å². The van der Waals surface area contributed by atoms with Crippen LogP contribution in [0.15, 0.2) is 47.7 Å². The molecular formula is C36H47N3O3. The van der Waals surface area contributed by atoms with Crippen molar-refractivity contribution in [3.8, 4) is 0 Å². The van der Waals surface area contributed by atoms with E-state index in [-0.39, 0.29) is 23.8 Å². The summed E-state index contributed by atoms with van der Waals surface area (Å²) in [5, 5.41) is 7.71. The zero-order valence-electron chi connectivity index (χ0n) is 25.6. The molecule has 2 saturated carbocycles. The number of amides is 1. The molecule has 2 saturated heterocycles. The van der Waals surface area contributed by atoms with Crippen LogP contribution in [0.1, 0.15) is 89.0 Å².